The second kappa shape index (κ2) is 8.25. The smallest absolute Gasteiger partial charge is 0.252 e. The van der Waals surface area contributed by atoms with Gasteiger partial charge < -0.3 is 20.5 Å². The molecule has 3 heterocycles. The van der Waals surface area contributed by atoms with Gasteiger partial charge in [-0.25, -0.2) is 0 Å². The lowest BCUT2D eigenvalue weighted by Gasteiger charge is -2.39. The van der Waals surface area contributed by atoms with Crippen LogP contribution >= 0.6 is 8.58 Å². The molecule has 1 fully saturated rings. The molecule has 0 saturated carbocycles. The summed E-state index contributed by atoms with van der Waals surface area (Å²) in [5.41, 5.74) is 5.39. The fourth-order valence-corrected chi connectivity index (χ4v) is 5.88. The number of fused-ring (bicyclic) bond motifs is 1. The molecule has 0 bridgehead atoms. The van der Waals surface area contributed by atoms with Crippen LogP contribution in [0.1, 0.15) is 30.9 Å². The third-order valence-corrected chi connectivity index (χ3v) is 7.93. The summed E-state index contributed by atoms with van der Waals surface area (Å²) in [6, 6.07) is 6.03. The van der Waals surface area contributed by atoms with Crippen LogP contribution in [0, 0.1) is 11.3 Å². The quantitative estimate of drug-likeness (QED) is 0.583. The SMILES string of the molecule is CNc1ccc(C2=CC(=O)N3C=C(C4CCN(C)CC4)C=C(C)C3P2)cc1C=N. The Bertz CT molecular complexity index is 925. The van der Waals surface area contributed by atoms with E-state index < -0.39 is 0 Å². The van der Waals surface area contributed by atoms with E-state index in [1.807, 2.05) is 30.1 Å². The molecule has 2 N–H and O–H groups in total. The molecule has 3 aliphatic heterocycles. The summed E-state index contributed by atoms with van der Waals surface area (Å²) in [5.74, 6) is 0.730. The monoisotopic (exact) mass is 408 g/mol. The molecule has 2 atom stereocenters. The number of nitrogens with one attached hydrogen (secondary N) is 2. The fraction of sp³-hybridized carbons (Fsp3) is 0.391. The van der Waals surface area contributed by atoms with Gasteiger partial charge in [0.15, 0.2) is 0 Å². The number of rotatable bonds is 4. The number of piperidine rings is 1. The van der Waals surface area contributed by atoms with Crippen molar-refractivity contribution >= 4 is 31.7 Å². The second-order valence-electron chi connectivity index (χ2n) is 8.14. The van der Waals surface area contributed by atoms with Crippen molar-refractivity contribution < 1.29 is 4.79 Å². The van der Waals surface area contributed by atoms with Gasteiger partial charge in [0.05, 0.1) is 5.78 Å². The largest absolute Gasteiger partial charge is 0.388 e. The summed E-state index contributed by atoms with van der Waals surface area (Å²) in [6.07, 6.45) is 9.91. The van der Waals surface area contributed by atoms with Crippen molar-refractivity contribution in [3.05, 3.63) is 58.8 Å². The summed E-state index contributed by atoms with van der Waals surface area (Å²) >= 11 is 0. The minimum absolute atomic E-state index is 0.0655. The molecule has 0 radical (unpaired) electrons. The molecule has 1 aromatic carbocycles. The van der Waals surface area contributed by atoms with Gasteiger partial charge in [0.1, 0.15) is 0 Å². The van der Waals surface area contributed by atoms with E-state index in [0.29, 0.717) is 14.5 Å². The van der Waals surface area contributed by atoms with Gasteiger partial charge in [0.2, 0.25) is 0 Å². The first-order chi connectivity index (χ1) is 14.0. The summed E-state index contributed by atoms with van der Waals surface area (Å²) in [7, 11) is 4.54. The first-order valence-corrected chi connectivity index (χ1v) is 11.3. The molecule has 152 valence electrons. The highest BCUT2D eigenvalue weighted by molar-refractivity contribution is 7.51. The summed E-state index contributed by atoms with van der Waals surface area (Å²) in [5, 5.41) is 11.9. The van der Waals surface area contributed by atoms with Crippen molar-refractivity contribution in [2.75, 3.05) is 32.5 Å². The zero-order valence-electron chi connectivity index (χ0n) is 17.3. The van der Waals surface area contributed by atoms with Gasteiger partial charge in [-0.1, -0.05) is 20.7 Å². The Hall–Kier alpha value is -2.23. The van der Waals surface area contributed by atoms with Crippen LogP contribution in [0.15, 0.2) is 47.7 Å². The second-order valence-corrected chi connectivity index (χ2v) is 9.52. The number of nitrogens with zero attached hydrogens (tertiary/aromatic N) is 2. The lowest BCUT2D eigenvalue weighted by atomic mass is 9.87. The van der Waals surface area contributed by atoms with Crippen LogP contribution in [-0.4, -0.2) is 54.9 Å². The van der Waals surface area contributed by atoms with E-state index in [0.717, 1.165) is 48.1 Å². The third kappa shape index (κ3) is 3.94. The Morgan fingerprint density at radius 2 is 2.00 bits per heavy atom. The van der Waals surface area contributed by atoms with Crippen LogP contribution in [0.2, 0.25) is 0 Å². The fourth-order valence-electron chi connectivity index (χ4n) is 4.40. The maximum atomic E-state index is 13.0. The van der Waals surface area contributed by atoms with Gasteiger partial charge in [-0.05, 0) is 80.0 Å². The van der Waals surface area contributed by atoms with Crippen LogP contribution < -0.4 is 5.32 Å². The number of anilines is 1. The summed E-state index contributed by atoms with van der Waals surface area (Å²) < 4.78 is 0. The van der Waals surface area contributed by atoms with E-state index in [-0.39, 0.29) is 11.7 Å². The summed E-state index contributed by atoms with van der Waals surface area (Å²) in [4.78, 5) is 17.4. The van der Waals surface area contributed by atoms with E-state index in [4.69, 9.17) is 5.41 Å². The number of carbonyl (C=O) groups excluding carboxylic acids is 1. The van der Waals surface area contributed by atoms with E-state index in [1.165, 1.54) is 17.4 Å². The van der Waals surface area contributed by atoms with E-state index in [2.05, 4.69) is 36.5 Å². The van der Waals surface area contributed by atoms with Crippen molar-refractivity contribution in [1.29, 1.82) is 5.41 Å². The van der Waals surface area contributed by atoms with Crippen LogP contribution in [0.5, 0.6) is 0 Å². The number of hydrogen-bond donors (Lipinski definition) is 2. The lowest BCUT2D eigenvalue weighted by molar-refractivity contribution is -0.123. The van der Waals surface area contributed by atoms with Crippen LogP contribution in [0.3, 0.4) is 0 Å². The Morgan fingerprint density at radius 3 is 2.69 bits per heavy atom. The molecule has 2 unspecified atom stereocenters. The number of likely N-dealkylation sites (tertiary alicyclic amines) is 1. The molecule has 29 heavy (non-hydrogen) atoms. The van der Waals surface area contributed by atoms with Crippen LogP contribution in [-0.2, 0) is 4.79 Å². The third-order valence-electron chi connectivity index (χ3n) is 6.18. The molecule has 4 rings (SSSR count). The van der Waals surface area contributed by atoms with Gasteiger partial charge in [-0.15, -0.1) is 0 Å². The Morgan fingerprint density at radius 1 is 1.24 bits per heavy atom. The zero-order chi connectivity index (χ0) is 20.5. The Kier molecular flexibility index (Phi) is 5.71. The molecule has 3 aliphatic rings. The number of carbonyl (C=O) groups is 1. The van der Waals surface area contributed by atoms with Crippen LogP contribution in [0.25, 0.3) is 5.31 Å². The predicted molar refractivity (Wildman–Crippen MR) is 123 cm³/mol. The molecule has 1 amide bonds. The standard InChI is InChI=1S/C23H29N4OP/c1-15-10-19(16-6-8-26(3)9-7-16)14-27-22(28)12-21(29-23(15)27)17-4-5-20(25-2)18(11-17)13-24/h4-5,10-14,16,23-25,29H,6-9H2,1-3H3. The van der Waals surface area contributed by atoms with Gasteiger partial charge in [-0.3, -0.25) is 4.79 Å². The zero-order valence-corrected chi connectivity index (χ0v) is 18.3. The first kappa shape index (κ1) is 20.1. The van der Waals surface area contributed by atoms with Gasteiger partial charge in [0, 0.05) is 36.8 Å². The van der Waals surface area contributed by atoms with Crippen molar-refractivity contribution in [1.82, 2.24) is 9.80 Å². The van der Waals surface area contributed by atoms with E-state index in [9.17, 15) is 4.79 Å². The van der Waals surface area contributed by atoms with E-state index >= 15 is 0 Å². The van der Waals surface area contributed by atoms with Crippen LogP contribution in [0.4, 0.5) is 5.69 Å². The number of hydrogen-bond acceptors (Lipinski definition) is 4. The average Bonchev–Trinajstić information content (AvgIpc) is 2.74. The molecule has 1 aromatic rings. The van der Waals surface area contributed by atoms with Gasteiger partial charge >= 0.3 is 0 Å². The Balaban J connectivity index is 1.61. The maximum Gasteiger partial charge on any atom is 0.252 e. The average molecular weight is 408 g/mol. The molecule has 0 spiro atoms. The highest BCUT2D eigenvalue weighted by Gasteiger charge is 2.33. The topological polar surface area (TPSA) is 59.4 Å². The number of amides is 1. The first-order valence-electron chi connectivity index (χ1n) is 10.2. The van der Waals surface area contributed by atoms with E-state index in [1.54, 1.807) is 6.08 Å². The van der Waals surface area contributed by atoms with Crippen molar-refractivity contribution in [3.63, 3.8) is 0 Å². The minimum Gasteiger partial charge on any atom is -0.388 e. The number of allylic oxidation sites excluding steroid dienone is 2. The molecule has 0 aliphatic carbocycles. The molecular weight excluding hydrogens is 379 g/mol. The van der Waals surface area contributed by atoms with Crippen molar-refractivity contribution in [3.8, 4) is 0 Å². The summed E-state index contributed by atoms with van der Waals surface area (Å²) in [6.45, 7) is 4.40. The van der Waals surface area contributed by atoms with Gasteiger partial charge in [0.25, 0.3) is 5.91 Å². The molecule has 6 heteroatoms. The maximum absolute atomic E-state index is 13.0. The lowest BCUT2D eigenvalue weighted by Crippen LogP contribution is -2.39. The number of benzene rings is 1. The Labute approximate surface area is 174 Å². The predicted octanol–water partition coefficient (Wildman–Crippen LogP) is 4.10. The minimum atomic E-state index is 0.0655. The molecular formula is C23H29N4OP. The van der Waals surface area contributed by atoms with Crippen molar-refractivity contribution in [2.45, 2.75) is 25.5 Å². The molecule has 1 saturated heterocycles. The highest BCUT2D eigenvalue weighted by atomic mass is 31.1. The normalized spacial score (nSPS) is 24.0. The van der Waals surface area contributed by atoms with Gasteiger partial charge in [-0.2, -0.15) is 0 Å². The molecule has 0 aromatic heterocycles. The van der Waals surface area contributed by atoms with Crippen molar-refractivity contribution in [2.24, 2.45) is 5.92 Å². The highest BCUT2D eigenvalue weighted by Crippen LogP contribution is 2.48. The molecule has 5 nitrogen and oxygen atoms in total.